The van der Waals surface area contributed by atoms with Crippen molar-refractivity contribution in [3.05, 3.63) is 16.6 Å². The summed E-state index contributed by atoms with van der Waals surface area (Å²) in [6.07, 6.45) is 2.58. The standard InChI is InChI=1S/C11H18N2O2S/c1-4-8(10-12-5-6-16-10)13-9(7(2)3)11(14)15/h5-9,13H,4H2,1-3H3,(H,14,15). The zero-order valence-electron chi connectivity index (χ0n) is 9.80. The Balaban J connectivity index is 2.72. The minimum atomic E-state index is -0.801. The normalized spacial score (nSPS) is 15.0. The highest BCUT2D eigenvalue weighted by Gasteiger charge is 2.25. The maximum atomic E-state index is 11.1. The predicted octanol–water partition coefficient (Wildman–Crippen LogP) is 2.29. The molecule has 90 valence electrons. The molecule has 0 aromatic carbocycles. The second-order valence-electron chi connectivity index (χ2n) is 4.06. The first-order valence-electron chi connectivity index (χ1n) is 5.44. The molecule has 1 heterocycles. The number of hydrogen-bond acceptors (Lipinski definition) is 4. The van der Waals surface area contributed by atoms with Gasteiger partial charge in [0.05, 0.1) is 6.04 Å². The Hall–Kier alpha value is -0.940. The second-order valence-corrected chi connectivity index (χ2v) is 4.98. The van der Waals surface area contributed by atoms with Crippen LogP contribution in [0.4, 0.5) is 0 Å². The van der Waals surface area contributed by atoms with Crippen LogP contribution in [0.25, 0.3) is 0 Å². The van der Waals surface area contributed by atoms with Gasteiger partial charge in [0, 0.05) is 11.6 Å². The van der Waals surface area contributed by atoms with Crippen LogP contribution in [0.1, 0.15) is 38.2 Å². The second kappa shape index (κ2) is 5.96. The maximum Gasteiger partial charge on any atom is 0.320 e. The minimum Gasteiger partial charge on any atom is -0.480 e. The zero-order valence-corrected chi connectivity index (χ0v) is 10.6. The van der Waals surface area contributed by atoms with Crippen molar-refractivity contribution in [2.45, 2.75) is 39.3 Å². The van der Waals surface area contributed by atoms with Crippen molar-refractivity contribution in [2.24, 2.45) is 5.92 Å². The first kappa shape index (κ1) is 13.1. The summed E-state index contributed by atoms with van der Waals surface area (Å²) in [7, 11) is 0. The first-order chi connectivity index (χ1) is 7.56. The molecule has 4 nitrogen and oxygen atoms in total. The van der Waals surface area contributed by atoms with Crippen molar-refractivity contribution >= 4 is 17.3 Å². The molecule has 2 unspecified atom stereocenters. The van der Waals surface area contributed by atoms with Crippen LogP contribution >= 0.6 is 11.3 Å². The average molecular weight is 242 g/mol. The maximum absolute atomic E-state index is 11.1. The van der Waals surface area contributed by atoms with E-state index < -0.39 is 12.0 Å². The number of rotatable bonds is 6. The Morgan fingerprint density at radius 2 is 2.31 bits per heavy atom. The van der Waals surface area contributed by atoms with Gasteiger partial charge in [-0.15, -0.1) is 11.3 Å². The summed E-state index contributed by atoms with van der Waals surface area (Å²) in [5.74, 6) is -0.739. The number of carboxylic acids is 1. The van der Waals surface area contributed by atoms with Crippen molar-refractivity contribution in [3.8, 4) is 0 Å². The molecule has 0 aliphatic heterocycles. The lowest BCUT2D eigenvalue weighted by molar-refractivity contribution is -0.140. The number of hydrogen-bond donors (Lipinski definition) is 2. The van der Waals surface area contributed by atoms with Crippen molar-refractivity contribution in [3.63, 3.8) is 0 Å². The van der Waals surface area contributed by atoms with Crippen LogP contribution in [0.3, 0.4) is 0 Å². The van der Waals surface area contributed by atoms with Crippen LogP contribution in [-0.4, -0.2) is 22.1 Å². The third kappa shape index (κ3) is 3.28. The van der Waals surface area contributed by atoms with E-state index in [-0.39, 0.29) is 12.0 Å². The van der Waals surface area contributed by atoms with Crippen LogP contribution in [0, 0.1) is 5.92 Å². The van der Waals surface area contributed by atoms with Crippen molar-refractivity contribution < 1.29 is 9.90 Å². The van der Waals surface area contributed by atoms with Crippen LogP contribution in [0.15, 0.2) is 11.6 Å². The van der Waals surface area contributed by atoms with Crippen molar-refractivity contribution in [1.82, 2.24) is 10.3 Å². The smallest absolute Gasteiger partial charge is 0.320 e. The Morgan fingerprint density at radius 1 is 1.62 bits per heavy atom. The zero-order chi connectivity index (χ0) is 12.1. The van der Waals surface area contributed by atoms with Gasteiger partial charge < -0.3 is 5.11 Å². The largest absolute Gasteiger partial charge is 0.480 e. The van der Waals surface area contributed by atoms with Gasteiger partial charge in [-0.05, 0) is 12.3 Å². The molecule has 16 heavy (non-hydrogen) atoms. The van der Waals surface area contributed by atoms with Crippen LogP contribution in [-0.2, 0) is 4.79 Å². The summed E-state index contributed by atoms with van der Waals surface area (Å²) in [5, 5.41) is 15.1. The van der Waals surface area contributed by atoms with E-state index >= 15 is 0 Å². The summed E-state index contributed by atoms with van der Waals surface area (Å²) in [4.78, 5) is 15.3. The van der Waals surface area contributed by atoms with Gasteiger partial charge in [0.25, 0.3) is 0 Å². The number of nitrogens with one attached hydrogen (secondary N) is 1. The molecule has 0 amide bonds. The molecule has 0 aliphatic rings. The third-order valence-electron chi connectivity index (χ3n) is 2.47. The summed E-state index contributed by atoms with van der Waals surface area (Å²) in [5.41, 5.74) is 0. The quantitative estimate of drug-likeness (QED) is 0.803. The lowest BCUT2D eigenvalue weighted by Crippen LogP contribution is -2.42. The molecule has 5 heteroatoms. The van der Waals surface area contributed by atoms with E-state index in [1.807, 2.05) is 26.2 Å². The third-order valence-corrected chi connectivity index (χ3v) is 3.36. The topological polar surface area (TPSA) is 62.2 Å². The van der Waals surface area contributed by atoms with Gasteiger partial charge in [0.1, 0.15) is 11.0 Å². The van der Waals surface area contributed by atoms with Gasteiger partial charge >= 0.3 is 5.97 Å². The highest BCUT2D eigenvalue weighted by molar-refractivity contribution is 7.09. The summed E-state index contributed by atoms with van der Waals surface area (Å²) in [6, 6.07) is -0.489. The molecule has 1 aromatic rings. The van der Waals surface area contributed by atoms with Gasteiger partial charge in [-0.25, -0.2) is 4.98 Å². The van der Waals surface area contributed by atoms with E-state index in [0.717, 1.165) is 11.4 Å². The fourth-order valence-electron chi connectivity index (χ4n) is 1.54. The molecule has 0 saturated heterocycles. The van der Waals surface area contributed by atoms with E-state index in [9.17, 15) is 4.79 Å². The lowest BCUT2D eigenvalue weighted by atomic mass is 10.0. The Kier molecular flexibility index (Phi) is 4.89. The summed E-state index contributed by atoms with van der Waals surface area (Å²) < 4.78 is 0. The highest BCUT2D eigenvalue weighted by atomic mass is 32.1. The van der Waals surface area contributed by atoms with E-state index in [1.54, 1.807) is 17.5 Å². The molecule has 0 fully saturated rings. The van der Waals surface area contributed by atoms with E-state index in [1.165, 1.54) is 0 Å². The molecule has 0 radical (unpaired) electrons. The fourth-order valence-corrected chi connectivity index (χ4v) is 2.32. The number of thiazole rings is 1. The Labute approximate surface area is 99.7 Å². The molecule has 0 spiro atoms. The van der Waals surface area contributed by atoms with Gasteiger partial charge in [0.15, 0.2) is 0 Å². The van der Waals surface area contributed by atoms with Gasteiger partial charge in [0.2, 0.25) is 0 Å². The number of aliphatic carboxylic acids is 1. The predicted molar refractivity (Wildman–Crippen MR) is 64.5 cm³/mol. The highest BCUT2D eigenvalue weighted by Crippen LogP contribution is 2.20. The van der Waals surface area contributed by atoms with Crippen LogP contribution < -0.4 is 5.32 Å². The molecule has 1 aromatic heterocycles. The van der Waals surface area contributed by atoms with Gasteiger partial charge in [-0.3, -0.25) is 10.1 Å². The number of carboxylic acid groups (broad SMARTS) is 1. The van der Waals surface area contributed by atoms with E-state index in [4.69, 9.17) is 5.11 Å². The van der Waals surface area contributed by atoms with Crippen molar-refractivity contribution in [1.29, 1.82) is 0 Å². The van der Waals surface area contributed by atoms with E-state index in [2.05, 4.69) is 10.3 Å². The summed E-state index contributed by atoms with van der Waals surface area (Å²) >= 11 is 1.55. The molecule has 2 atom stereocenters. The lowest BCUT2D eigenvalue weighted by Gasteiger charge is -2.23. The van der Waals surface area contributed by atoms with Crippen molar-refractivity contribution in [2.75, 3.05) is 0 Å². The van der Waals surface area contributed by atoms with Crippen LogP contribution in [0.2, 0.25) is 0 Å². The molecular formula is C11H18N2O2S. The molecule has 0 bridgehead atoms. The fraction of sp³-hybridized carbons (Fsp3) is 0.636. The molecular weight excluding hydrogens is 224 g/mol. The number of aromatic nitrogens is 1. The van der Waals surface area contributed by atoms with Gasteiger partial charge in [-0.1, -0.05) is 20.8 Å². The Morgan fingerprint density at radius 3 is 2.69 bits per heavy atom. The average Bonchev–Trinajstić information content (AvgIpc) is 2.71. The minimum absolute atomic E-state index is 0.0310. The molecule has 2 N–H and O–H groups in total. The van der Waals surface area contributed by atoms with Gasteiger partial charge in [-0.2, -0.15) is 0 Å². The monoisotopic (exact) mass is 242 g/mol. The number of carbonyl (C=O) groups is 1. The Bertz CT molecular complexity index is 325. The number of nitrogens with zero attached hydrogens (tertiary/aromatic N) is 1. The molecule has 0 aliphatic carbocycles. The molecule has 0 saturated carbocycles. The summed E-state index contributed by atoms with van der Waals surface area (Å²) in [6.45, 7) is 5.83. The van der Waals surface area contributed by atoms with Crippen LogP contribution in [0.5, 0.6) is 0 Å². The van der Waals surface area contributed by atoms with E-state index in [0.29, 0.717) is 0 Å². The SMILES string of the molecule is CCC(NC(C(=O)O)C(C)C)c1nccs1. The first-order valence-corrected chi connectivity index (χ1v) is 6.32. The molecule has 1 rings (SSSR count).